The molecule has 3 aromatic rings. The van der Waals surface area contributed by atoms with Crippen molar-refractivity contribution in [1.29, 1.82) is 5.26 Å². The summed E-state index contributed by atoms with van der Waals surface area (Å²) in [6.07, 6.45) is 1.50. The van der Waals surface area contributed by atoms with Crippen molar-refractivity contribution in [3.63, 3.8) is 0 Å². The Kier molecular flexibility index (Phi) is 5.69. The van der Waals surface area contributed by atoms with Crippen LogP contribution in [-0.2, 0) is 4.79 Å². The molecule has 1 aromatic heterocycles. The Morgan fingerprint density at radius 3 is 2.81 bits per heavy atom. The number of fused-ring (bicyclic) bond motifs is 1. The van der Waals surface area contributed by atoms with Crippen molar-refractivity contribution in [2.45, 2.75) is 6.92 Å². The standard InChI is InChI=1S/C20H17N3O3S/c1-3-26-16-9-8-13(11-17(16)25-2)10-14(12-21)19(24)23-20-22-15-6-4-5-7-18(15)27-20/h4-11H,3H2,1-2H3,(H,22,23,24). The number of nitrogens with zero attached hydrogens (tertiary/aromatic N) is 2. The summed E-state index contributed by atoms with van der Waals surface area (Å²) in [5, 5.41) is 12.5. The highest BCUT2D eigenvalue weighted by Gasteiger charge is 2.13. The monoisotopic (exact) mass is 379 g/mol. The Labute approximate surface area is 160 Å². The van der Waals surface area contributed by atoms with Gasteiger partial charge in [0, 0.05) is 0 Å². The van der Waals surface area contributed by atoms with Gasteiger partial charge in [0.05, 0.1) is 23.9 Å². The largest absolute Gasteiger partial charge is 0.493 e. The number of hydrogen-bond donors (Lipinski definition) is 1. The third kappa shape index (κ3) is 4.25. The summed E-state index contributed by atoms with van der Waals surface area (Å²) in [6, 6.07) is 14.7. The van der Waals surface area contributed by atoms with Gasteiger partial charge in [-0.05, 0) is 42.8 Å². The van der Waals surface area contributed by atoms with Gasteiger partial charge in [-0.25, -0.2) is 4.98 Å². The van der Waals surface area contributed by atoms with Crippen LogP contribution in [0.15, 0.2) is 48.0 Å². The molecule has 0 unspecified atom stereocenters. The summed E-state index contributed by atoms with van der Waals surface area (Å²) in [7, 11) is 1.54. The van der Waals surface area contributed by atoms with Gasteiger partial charge in [-0.15, -0.1) is 0 Å². The molecule has 6 nitrogen and oxygen atoms in total. The zero-order valence-corrected chi connectivity index (χ0v) is 15.7. The minimum absolute atomic E-state index is 0.0273. The van der Waals surface area contributed by atoms with Gasteiger partial charge in [0.15, 0.2) is 16.6 Å². The summed E-state index contributed by atoms with van der Waals surface area (Å²) in [4.78, 5) is 16.8. The van der Waals surface area contributed by atoms with E-state index in [4.69, 9.17) is 9.47 Å². The molecule has 0 radical (unpaired) electrons. The SMILES string of the molecule is CCOc1ccc(C=C(C#N)C(=O)Nc2nc3ccccc3s2)cc1OC. The predicted molar refractivity (Wildman–Crippen MR) is 106 cm³/mol. The molecular weight excluding hydrogens is 362 g/mol. The van der Waals surface area contributed by atoms with E-state index in [0.29, 0.717) is 28.8 Å². The summed E-state index contributed by atoms with van der Waals surface area (Å²) < 4.78 is 11.7. The quantitative estimate of drug-likeness (QED) is 0.511. The van der Waals surface area contributed by atoms with E-state index in [0.717, 1.165) is 10.2 Å². The second kappa shape index (κ2) is 8.34. The van der Waals surface area contributed by atoms with Crippen LogP contribution in [0.2, 0.25) is 0 Å². The topological polar surface area (TPSA) is 84.2 Å². The fourth-order valence-corrected chi connectivity index (χ4v) is 3.31. The van der Waals surface area contributed by atoms with Crippen molar-refractivity contribution < 1.29 is 14.3 Å². The van der Waals surface area contributed by atoms with E-state index in [1.807, 2.05) is 37.3 Å². The number of anilines is 1. The molecule has 0 bridgehead atoms. The van der Waals surface area contributed by atoms with Gasteiger partial charge in [0.2, 0.25) is 0 Å². The number of nitrogens with one attached hydrogen (secondary N) is 1. The number of hydrogen-bond acceptors (Lipinski definition) is 6. The molecule has 7 heteroatoms. The van der Waals surface area contributed by atoms with Crippen LogP contribution < -0.4 is 14.8 Å². The highest BCUT2D eigenvalue weighted by molar-refractivity contribution is 7.22. The number of thiazole rings is 1. The maximum absolute atomic E-state index is 12.5. The number of rotatable bonds is 6. The first-order valence-corrected chi connectivity index (χ1v) is 9.05. The highest BCUT2D eigenvalue weighted by Crippen LogP contribution is 2.29. The van der Waals surface area contributed by atoms with Gasteiger partial charge in [0.25, 0.3) is 5.91 Å². The average molecular weight is 379 g/mol. The maximum Gasteiger partial charge on any atom is 0.268 e. The van der Waals surface area contributed by atoms with E-state index in [9.17, 15) is 10.1 Å². The normalized spacial score (nSPS) is 11.1. The van der Waals surface area contributed by atoms with E-state index in [-0.39, 0.29) is 5.57 Å². The lowest BCUT2D eigenvalue weighted by Gasteiger charge is -2.09. The first kappa shape index (κ1) is 18.4. The second-order valence-corrected chi connectivity index (χ2v) is 6.48. The van der Waals surface area contributed by atoms with Gasteiger partial charge < -0.3 is 9.47 Å². The lowest BCUT2D eigenvalue weighted by molar-refractivity contribution is -0.112. The van der Waals surface area contributed by atoms with Crippen LogP contribution in [0.25, 0.3) is 16.3 Å². The van der Waals surface area contributed by atoms with Crippen molar-refractivity contribution in [2.75, 3.05) is 19.0 Å². The van der Waals surface area contributed by atoms with Crippen molar-refractivity contribution in [2.24, 2.45) is 0 Å². The number of aromatic nitrogens is 1. The molecule has 2 aromatic carbocycles. The van der Waals surface area contributed by atoms with Crippen LogP contribution in [0, 0.1) is 11.3 Å². The Balaban J connectivity index is 1.83. The Bertz CT molecular complexity index is 1020. The Morgan fingerprint density at radius 2 is 2.11 bits per heavy atom. The number of benzene rings is 2. The lowest BCUT2D eigenvalue weighted by atomic mass is 10.1. The van der Waals surface area contributed by atoms with Gasteiger partial charge in [-0.3, -0.25) is 10.1 Å². The number of para-hydroxylation sites is 1. The van der Waals surface area contributed by atoms with Gasteiger partial charge in [-0.1, -0.05) is 29.5 Å². The summed E-state index contributed by atoms with van der Waals surface area (Å²) in [6.45, 7) is 2.40. The van der Waals surface area contributed by atoms with E-state index >= 15 is 0 Å². The molecule has 0 aliphatic carbocycles. The zero-order chi connectivity index (χ0) is 19.2. The number of amides is 1. The maximum atomic E-state index is 12.5. The molecule has 0 aliphatic rings. The molecule has 27 heavy (non-hydrogen) atoms. The minimum atomic E-state index is -0.510. The van der Waals surface area contributed by atoms with Crippen LogP contribution >= 0.6 is 11.3 Å². The summed E-state index contributed by atoms with van der Waals surface area (Å²) >= 11 is 1.36. The van der Waals surface area contributed by atoms with Crippen LogP contribution in [0.3, 0.4) is 0 Å². The number of methoxy groups -OCH3 is 1. The Morgan fingerprint density at radius 1 is 1.30 bits per heavy atom. The molecule has 1 heterocycles. The Hall–Kier alpha value is -3.37. The summed E-state index contributed by atoms with van der Waals surface area (Å²) in [5.41, 5.74) is 1.43. The number of nitriles is 1. The molecule has 1 amide bonds. The fourth-order valence-electron chi connectivity index (χ4n) is 2.45. The number of carbonyl (C=O) groups excluding carboxylic acids is 1. The highest BCUT2D eigenvalue weighted by atomic mass is 32.1. The number of carbonyl (C=O) groups is 1. The fraction of sp³-hybridized carbons (Fsp3) is 0.150. The van der Waals surface area contributed by atoms with Crippen LogP contribution in [0.1, 0.15) is 12.5 Å². The van der Waals surface area contributed by atoms with Gasteiger partial charge in [-0.2, -0.15) is 5.26 Å². The van der Waals surface area contributed by atoms with Crippen molar-refractivity contribution in [3.05, 3.63) is 53.6 Å². The first-order chi connectivity index (χ1) is 13.1. The van der Waals surface area contributed by atoms with Crippen LogP contribution in [0.4, 0.5) is 5.13 Å². The molecule has 3 rings (SSSR count). The average Bonchev–Trinajstić information content (AvgIpc) is 3.09. The molecule has 136 valence electrons. The molecule has 0 spiro atoms. The molecular formula is C20H17N3O3S. The predicted octanol–water partition coefficient (Wildman–Crippen LogP) is 4.25. The van der Waals surface area contributed by atoms with Crippen molar-refractivity contribution in [1.82, 2.24) is 4.98 Å². The van der Waals surface area contributed by atoms with E-state index < -0.39 is 5.91 Å². The first-order valence-electron chi connectivity index (χ1n) is 8.24. The molecule has 0 aliphatic heterocycles. The molecule has 0 atom stereocenters. The van der Waals surface area contributed by atoms with E-state index in [1.54, 1.807) is 18.2 Å². The lowest BCUT2D eigenvalue weighted by Crippen LogP contribution is -2.13. The van der Waals surface area contributed by atoms with E-state index in [1.165, 1.54) is 24.5 Å². The second-order valence-electron chi connectivity index (χ2n) is 5.45. The molecule has 0 saturated heterocycles. The van der Waals surface area contributed by atoms with Crippen LogP contribution in [-0.4, -0.2) is 24.6 Å². The van der Waals surface area contributed by atoms with Crippen LogP contribution in [0.5, 0.6) is 11.5 Å². The van der Waals surface area contributed by atoms with E-state index in [2.05, 4.69) is 10.3 Å². The minimum Gasteiger partial charge on any atom is -0.493 e. The summed E-state index contributed by atoms with van der Waals surface area (Å²) in [5.74, 6) is 0.633. The molecule has 1 N–H and O–H groups in total. The van der Waals surface area contributed by atoms with Gasteiger partial charge >= 0.3 is 0 Å². The zero-order valence-electron chi connectivity index (χ0n) is 14.9. The third-order valence-electron chi connectivity index (χ3n) is 3.68. The molecule has 0 saturated carbocycles. The van der Waals surface area contributed by atoms with Crippen molar-refractivity contribution in [3.8, 4) is 17.6 Å². The smallest absolute Gasteiger partial charge is 0.268 e. The third-order valence-corrected chi connectivity index (χ3v) is 4.63. The number of ether oxygens (including phenoxy) is 2. The van der Waals surface area contributed by atoms with Gasteiger partial charge in [0.1, 0.15) is 11.6 Å². The van der Waals surface area contributed by atoms with Crippen molar-refractivity contribution >= 4 is 38.7 Å². The molecule has 0 fully saturated rings.